The lowest BCUT2D eigenvalue weighted by molar-refractivity contribution is 0.00256. The zero-order chi connectivity index (χ0) is 9.35. The summed E-state index contributed by atoms with van der Waals surface area (Å²) in [4.78, 5) is 0. The van der Waals surface area contributed by atoms with Crippen molar-refractivity contribution in [2.45, 2.75) is 46.1 Å². The van der Waals surface area contributed by atoms with E-state index >= 15 is 0 Å². The Morgan fingerprint density at radius 3 is 2.58 bits per heavy atom. The van der Waals surface area contributed by atoms with Crippen molar-refractivity contribution in [3.63, 3.8) is 0 Å². The average Bonchev–Trinajstić information content (AvgIpc) is 1.94. The van der Waals surface area contributed by atoms with Gasteiger partial charge in [0.2, 0.25) is 0 Å². The summed E-state index contributed by atoms with van der Waals surface area (Å²) in [7, 11) is 0. The van der Waals surface area contributed by atoms with Gasteiger partial charge in [-0.2, -0.15) is 0 Å². The number of hydrogen-bond donors (Lipinski definition) is 1. The van der Waals surface area contributed by atoms with Gasteiger partial charge in [-0.15, -0.1) is 0 Å². The molecule has 1 aliphatic carbocycles. The molecule has 0 saturated carbocycles. The second-order valence-corrected chi connectivity index (χ2v) is 4.60. The second kappa shape index (κ2) is 3.21. The fourth-order valence-corrected chi connectivity index (χ4v) is 1.67. The summed E-state index contributed by atoms with van der Waals surface area (Å²) in [6, 6.07) is 0. The van der Waals surface area contributed by atoms with Crippen molar-refractivity contribution >= 4 is 0 Å². The highest BCUT2D eigenvalue weighted by Gasteiger charge is 2.31. The molecule has 0 fully saturated rings. The lowest BCUT2D eigenvalue weighted by atomic mass is 9.76. The summed E-state index contributed by atoms with van der Waals surface area (Å²) in [5.74, 6) is 1.04. The molecular weight excluding hydrogens is 148 g/mol. The van der Waals surface area contributed by atoms with Crippen LogP contribution in [0.25, 0.3) is 0 Å². The molecule has 0 aromatic rings. The SMILES string of the molecule is CC(C)C1=CCC(C)(O)C(C)C1. The second-order valence-electron chi connectivity index (χ2n) is 4.60. The monoisotopic (exact) mass is 168 g/mol. The molecule has 0 aromatic heterocycles. The highest BCUT2D eigenvalue weighted by Crippen LogP contribution is 2.35. The predicted octanol–water partition coefficient (Wildman–Crippen LogP) is 2.75. The fraction of sp³-hybridized carbons (Fsp3) is 0.818. The molecule has 12 heavy (non-hydrogen) atoms. The van der Waals surface area contributed by atoms with Crippen LogP contribution in [0.15, 0.2) is 11.6 Å². The zero-order valence-electron chi connectivity index (χ0n) is 8.59. The van der Waals surface area contributed by atoms with E-state index in [1.807, 2.05) is 6.92 Å². The summed E-state index contributed by atoms with van der Waals surface area (Å²) in [6.45, 7) is 8.51. The van der Waals surface area contributed by atoms with E-state index in [2.05, 4.69) is 26.8 Å². The molecule has 0 radical (unpaired) electrons. The molecule has 0 aromatic carbocycles. The van der Waals surface area contributed by atoms with Crippen LogP contribution in [0.5, 0.6) is 0 Å². The Bertz CT molecular complexity index is 189. The molecule has 2 unspecified atom stereocenters. The van der Waals surface area contributed by atoms with Crippen LogP contribution in [0.3, 0.4) is 0 Å². The Kier molecular flexibility index (Phi) is 2.62. The molecule has 70 valence electrons. The van der Waals surface area contributed by atoms with Gasteiger partial charge in [-0.05, 0) is 31.6 Å². The van der Waals surface area contributed by atoms with Crippen LogP contribution in [0.2, 0.25) is 0 Å². The topological polar surface area (TPSA) is 20.2 Å². The van der Waals surface area contributed by atoms with E-state index in [0.717, 1.165) is 12.8 Å². The number of aliphatic hydroxyl groups is 1. The molecule has 0 saturated heterocycles. The minimum atomic E-state index is -0.474. The third-order valence-corrected chi connectivity index (χ3v) is 3.12. The van der Waals surface area contributed by atoms with Crippen LogP contribution in [-0.4, -0.2) is 10.7 Å². The van der Waals surface area contributed by atoms with Gasteiger partial charge in [-0.3, -0.25) is 0 Å². The van der Waals surface area contributed by atoms with Crippen molar-refractivity contribution < 1.29 is 5.11 Å². The smallest absolute Gasteiger partial charge is 0.0682 e. The zero-order valence-corrected chi connectivity index (χ0v) is 8.59. The van der Waals surface area contributed by atoms with Crippen molar-refractivity contribution in [1.82, 2.24) is 0 Å². The number of hydrogen-bond acceptors (Lipinski definition) is 1. The summed E-state index contributed by atoms with van der Waals surface area (Å²) >= 11 is 0. The third-order valence-electron chi connectivity index (χ3n) is 3.12. The van der Waals surface area contributed by atoms with E-state index in [4.69, 9.17) is 0 Å². The van der Waals surface area contributed by atoms with E-state index in [1.165, 1.54) is 5.57 Å². The van der Waals surface area contributed by atoms with Crippen molar-refractivity contribution in [3.05, 3.63) is 11.6 Å². The summed E-state index contributed by atoms with van der Waals surface area (Å²) in [6.07, 6.45) is 4.09. The van der Waals surface area contributed by atoms with Crippen LogP contribution in [0, 0.1) is 11.8 Å². The van der Waals surface area contributed by atoms with E-state index in [9.17, 15) is 5.11 Å². The van der Waals surface area contributed by atoms with Crippen LogP contribution in [0.1, 0.15) is 40.5 Å². The molecule has 1 N–H and O–H groups in total. The summed E-state index contributed by atoms with van der Waals surface area (Å²) in [5.41, 5.74) is 1.03. The van der Waals surface area contributed by atoms with Gasteiger partial charge in [0.25, 0.3) is 0 Å². The van der Waals surface area contributed by atoms with Crippen LogP contribution in [-0.2, 0) is 0 Å². The maximum atomic E-state index is 9.90. The molecule has 0 bridgehead atoms. The molecule has 0 spiro atoms. The van der Waals surface area contributed by atoms with E-state index < -0.39 is 5.60 Å². The molecule has 1 rings (SSSR count). The van der Waals surface area contributed by atoms with Crippen molar-refractivity contribution in [1.29, 1.82) is 0 Å². The summed E-state index contributed by atoms with van der Waals surface area (Å²) in [5, 5.41) is 9.90. The van der Waals surface area contributed by atoms with Crippen molar-refractivity contribution in [2.24, 2.45) is 11.8 Å². The quantitative estimate of drug-likeness (QED) is 0.597. The van der Waals surface area contributed by atoms with Gasteiger partial charge in [0, 0.05) is 0 Å². The first-order chi connectivity index (χ1) is 5.43. The standard InChI is InChI=1S/C11H20O/c1-8(2)10-5-6-11(4,12)9(3)7-10/h5,8-9,12H,6-7H2,1-4H3. The maximum absolute atomic E-state index is 9.90. The average molecular weight is 168 g/mol. The molecule has 2 atom stereocenters. The normalized spacial score (nSPS) is 36.8. The number of rotatable bonds is 1. The Labute approximate surface area is 75.5 Å². The Hall–Kier alpha value is -0.300. The largest absolute Gasteiger partial charge is 0.390 e. The highest BCUT2D eigenvalue weighted by molar-refractivity contribution is 5.13. The van der Waals surface area contributed by atoms with Gasteiger partial charge in [-0.1, -0.05) is 32.4 Å². The minimum Gasteiger partial charge on any atom is -0.390 e. The number of allylic oxidation sites excluding steroid dienone is 1. The Morgan fingerprint density at radius 2 is 2.17 bits per heavy atom. The van der Waals surface area contributed by atoms with Crippen molar-refractivity contribution in [2.75, 3.05) is 0 Å². The van der Waals surface area contributed by atoms with Gasteiger partial charge >= 0.3 is 0 Å². The Morgan fingerprint density at radius 1 is 1.58 bits per heavy atom. The highest BCUT2D eigenvalue weighted by atomic mass is 16.3. The van der Waals surface area contributed by atoms with E-state index in [0.29, 0.717) is 11.8 Å². The van der Waals surface area contributed by atoms with Crippen molar-refractivity contribution in [3.8, 4) is 0 Å². The molecule has 1 nitrogen and oxygen atoms in total. The van der Waals surface area contributed by atoms with Crippen LogP contribution >= 0.6 is 0 Å². The molecule has 0 aliphatic heterocycles. The molecule has 0 heterocycles. The van der Waals surface area contributed by atoms with Gasteiger partial charge in [-0.25, -0.2) is 0 Å². The Balaban J connectivity index is 2.71. The molecule has 1 aliphatic rings. The third kappa shape index (κ3) is 1.89. The van der Waals surface area contributed by atoms with Crippen LogP contribution < -0.4 is 0 Å². The van der Waals surface area contributed by atoms with Crippen LogP contribution in [0.4, 0.5) is 0 Å². The van der Waals surface area contributed by atoms with Gasteiger partial charge in [0.05, 0.1) is 5.60 Å². The van der Waals surface area contributed by atoms with Gasteiger partial charge in [0.1, 0.15) is 0 Å². The first-order valence-corrected chi connectivity index (χ1v) is 4.85. The lowest BCUT2D eigenvalue weighted by Crippen LogP contribution is -2.35. The predicted molar refractivity (Wildman–Crippen MR) is 51.9 cm³/mol. The van der Waals surface area contributed by atoms with Gasteiger partial charge < -0.3 is 5.11 Å². The first-order valence-electron chi connectivity index (χ1n) is 4.85. The van der Waals surface area contributed by atoms with E-state index in [-0.39, 0.29) is 0 Å². The fourth-order valence-electron chi connectivity index (χ4n) is 1.67. The lowest BCUT2D eigenvalue weighted by Gasteiger charge is -2.35. The molecule has 1 heteroatoms. The maximum Gasteiger partial charge on any atom is 0.0682 e. The minimum absolute atomic E-state index is 0.403. The van der Waals surface area contributed by atoms with E-state index in [1.54, 1.807) is 0 Å². The molecule has 0 amide bonds. The van der Waals surface area contributed by atoms with Gasteiger partial charge in [0.15, 0.2) is 0 Å². The summed E-state index contributed by atoms with van der Waals surface area (Å²) < 4.78 is 0. The molecular formula is C11H20O. The first kappa shape index (κ1) is 9.79.